The molecule has 3 heterocycles. The molecule has 1 fully saturated rings. The fraction of sp³-hybridized carbons (Fsp3) is 0.455. The third-order valence-corrected chi connectivity index (χ3v) is 6.25. The van der Waals surface area contributed by atoms with Crippen LogP contribution in [0.1, 0.15) is 60.0 Å². The normalized spacial score (nSPS) is 16.6. The van der Waals surface area contributed by atoms with Crippen LogP contribution in [-0.4, -0.2) is 45.7 Å². The van der Waals surface area contributed by atoms with E-state index in [2.05, 4.69) is 26.0 Å². The molecule has 0 bridgehead atoms. The summed E-state index contributed by atoms with van der Waals surface area (Å²) in [6.07, 6.45) is 2.18. The third kappa shape index (κ3) is 4.62. The highest BCUT2D eigenvalue weighted by Crippen LogP contribution is 2.32. The predicted molar refractivity (Wildman–Crippen MR) is 123 cm³/mol. The maximum Gasteiger partial charge on any atom is 0.273 e. The van der Waals surface area contributed by atoms with Crippen molar-refractivity contribution in [1.82, 2.24) is 25.4 Å². The highest BCUT2D eigenvalue weighted by molar-refractivity contribution is 7.22. The molecule has 31 heavy (non-hydrogen) atoms. The second-order valence-electron chi connectivity index (χ2n) is 8.93. The number of carbonyl (C=O) groups is 2. The summed E-state index contributed by atoms with van der Waals surface area (Å²) in [5.41, 5.74) is 2.22. The molecule has 1 aliphatic heterocycles. The first-order valence-corrected chi connectivity index (χ1v) is 11.3. The van der Waals surface area contributed by atoms with Gasteiger partial charge in [-0.3, -0.25) is 14.9 Å². The van der Waals surface area contributed by atoms with Crippen molar-refractivity contribution in [2.75, 3.05) is 18.4 Å². The van der Waals surface area contributed by atoms with E-state index in [0.29, 0.717) is 39.3 Å². The number of aromatic nitrogens is 3. The number of thiazole rings is 1. The number of anilines is 1. The van der Waals surface area contributed by atoms with Crippen LogP contribution < -0.4 is 16.0 Å². The van der Waals surface area contributed by atoms with Crippen molar-refractivity contribution in [3.63, 3.8) is 0 Å². The molecular weight excluding hydrogens is 412 g/mol. The number of amides is 2. The van der Waals surface area contributed by atoms with Crippen LogP contribution in [0.25, 0.3) is 10.3 Å². The van der Waals surface area contributed by atoms with E-state index in [1.54, 1.807) is 16.8 Å². The van der Waals surface area contributed by atoms with Crippen LogP contribution in [-0.2, 0) is 5.54 Å². The van der Waals surface area contributed by atoms with Crippen LogP contribution in [0.3, 0.4) is 0 Å². The average Bonchev–Trinajstić information content (AvgIpc) is 3.42. The van der Waals surface area contributed by atoms with Gasteiger partial charge in [0, 0.05) is 18.2 Å². The number of nitrogens with zero attached hydrogens (tertiary/aromatic N) is 3. The van der Waals surface area contributed by atoms with Gasteiger partial charge in [0.2, 0.25) is 0 Å². The van der Waals surface area contributed by atoms with Gasteiger partial charge in [-0.2, -0.15) is 10.1 Å². The van der Waals surface area contributed by atoms with Crippen molar-refractivity contribution in [3.8, 4) is 0 Å². The summed E-state index contributed by atoms with van der Waals surface area (Å²) in [4.78, 5) is 30.1. The Morgan fingerprint density at radius 2 is 1.97 bits per heavy atom. The number of carbonyl (C=O) groups excluding carboxylic acids is 2. The fourth-order valence-electron chi connectivity index (χ4n) is 3.58. The Balaban J connectivity index is 1.60. The van der Waals surface area contributed by atoms with Crippen LogP contribution in [0.15, 0.2) is 24.3 Å². The van der Waals surface area contributed by atoms with E-state index < -0.39 is 0 Å². The van der Waals surface area contributed by atoms with Gasteiger partial charge in [0.15, 0.2) is 16.5 Å². The van der Waals surface area contributed by atoms with Gasteiger partial charge in [-0.25, -0.2) is 4.68 Å². The number of rotatable bonds is 5. The molecule has 0 unspecified atom stereocenters. The summed E-state index contributed by atoms with van der Waals surface area (Å²) in [7, 11) is 0. The SMILES string of the molecule is Cc1ccc(C(=O)Nc2nc3c(s2)c(C(=O)NC[C@@H]2CCCN2)nn3C(C)(C)C)cc1. The number of fused-ring (bicyclic) bond motifs is 1. The van der Waals surface area contributed by atoms with Gasteiger partial charge in [-0.05, 0) is 59.2 Å². The molecule has 1 saturated heterocycles. The summed E-state index contributed by atoms with van der Waals surface area (Å²) in [6, 6.07) is 7.66. The van der Waals surface area contributed by atoms with Crippen molar-refractivity contribution < 1.29 is 9.59 Å². The maximum absolute atomic E-state index is 12.9. The lowest BCUT2D eigenvalue weighted by molar-refractivity contribution is 0.0944. The molecule has 0 aliphatic carbocycles. The summed E-state index contributed by atoms with van der Waals surface area (Å²) >= 11 is 1.27. The molecule has 2 aromatic heterocycles. The van der Waals surface area contributed by atoms with Gasteiger partial charge >= 0.3 is 0 Å². The number of hydrogen-bond donors (Lipinski definition) is 3. The standard InChI is InChI=1S/C22H28N6O2S/c1-13-7-9-14(10-8-13)19(29)26-21-25-18-17(31-21)16(27-28(18)22(2,3)4)20(30)24-12-15-6-5-11-23-15/h7-10,15,23H,5-6,11-12H2,1-4H3,(H,24,30)(H,25,26,29)/t15-/m0/s1. The molecule has 1 aliphatic rings. The highest BCUT2D eigenvalue weighted by Gasteiger charge is 2.28. The molecule has 3 aromatic rings. The molecule has 4 rings (SSSR count). The van der Waals surface area contributed by atoms with Crippen LogP contribution in [0.4, 0.5) is 5.13 Å². The van der Waals surface area contributed by atoms with Crippen molar-refractivity contribution in [2.45, 2.75) is 52.1 Å². The van der Waals surface area contributed by atoms with Crippen molar-refractivity contribution in [3.05, 3.63) is 41.1 Å². The lowest BCUT2D eigenvalue weighted by Crippen LogP contribution is -2.37. The third-order valence-electron chi connectivity index (χ3n) is 5.28. The van der Waals surface area contributed by atoms with E-state index in [4.69, 9.17) is 0 Å². The summed E-state index contributed by atoms with van der Waals surface area (Å²) < 4.78 is 2.43. The Bertz CT molecular complexity index is 1100. The second-order valence-corrected chi connectivity index (χ2v) is 9.93. The predicted octanol–water partition coefficient (Wildman–Crippen LogP) is 3.29. The van der Waals surface area contributed by atoms with E-state index in [-0.39, 0.29) is 17.4 Å². The first kappa shape index (κ1) is 21.5. The summed E-state index contributed by atoms with van der Waals surface area (Å²) in [6.45, 7) is 9.55. The zero-order valence-corrected chi connectivity index (χ0v) is 19.1. The van der Waals surface area contributed by atoms with Crippen molar-refractivity contribution in [1.29, 1.82) is 0 Å². The van der Waals surface area contributed by atoms with Gasteiger partial charge in [-0.1, -0.05) is 29.0 Å². The maximum atomic E-state index is 12.9. The fourth-order valence-corrected chi connectivity index (χ4v) is 4.50. The van der Waals surface area contributed by atoms with Gasteiger partial charge in [0.1, 0.15) is 4.70 Å². The minimum absolute atomic E-state index is 0.221. The molecule has 1 aromatic carbocycles. The first-order valence-electron chi connectivity index (χ1n) is 10.5. The van der Waals surface area contributed by atoms with E-state index in [9.17, 15) is 9.59 Å². The Labute approximate surface area is 185 Å². The molecule has 3 N–H and O–H groups in total. The molecule has 1 atom stereocenters. The lowest BCUT2D eigenvalue weighted by atomic mass is 10.1. The number of hydrogen-bond acceptors (Lipinski definition) is 6. The molecule has 0 saturated carbocycles. The Hall–Kier alpha value is -2.78. The lowest BCUT2D eigenvalue weighted by Gasteiger charge is -2.19. The molecule has 0 radical (unpaired) electrons. The largest absolute Gasteiger partial charge is 0.349 e. The summed E-state index contributed by atoms with van der Waals surface area (Å²) in [5.74, 6) is -0.452. The topological polar surface area (TPSA) is 101 Å². The quantitative estimate of drug-likeness (QED) is 0.565. The minimum atomic E-state index is -0.365. The van der Waals surface area contributed by atoms with Crippen molar-refractivity contribution >= 4 is 38.6 Å². The first-order chi connectivity index (χ1) is 14.7. The minimum Gasteiger partial charge on any atom is -0.349 e. The van der Waals surface area contributed by atoms with Gasteiger partial charge < -0.3 is 10.6 Å². The summed E-state index contributed by atoms with van der Waals surface area (Å²) in [5, 5.41) is 14.3. The Morgan fingerprint density at radius 3 is 2.61 bits per heavy atom. The van der Waals surface area contributed by atoms with E-state index in [1.165, 1.54) is 11.3 Å². The van der Waals surface area contributed by atoms with Gasteiger partial charge in [0.05, 0.1) is 5.54 Å². The van der Waals surface area contributed by atoms with Crippen molar-refractivity contribution in [2.24, 2.45) is 0 Å². The van der Waals surface area contributed by atoms with E-state index in [1.807, 2.05) is 39.8 Å². The average molecular weight is 441 g/mol. The molecule has 9 heteroatoms. The molecule has 164 valence electrons. The van der Waals surface area contributed by atoms with Crippen LogP contribution in [0.5, 0.6) is 0 Å². The number of aryl methyl sites for hydroxylation is 1. The van der Waals surface area contributed by atoms with Gasteiger partial charge in [-0.15, -0.1) is 0 Å². The highest BCUT2D eigenvalue weighted by atomic mass is 32.1. The number of nitrogens with one attached hydrogen (secondary N) is 3. The Kier molecular flexibility index (Phi) is 5.81. The van der Waals surface area contributed by atoms with E-state index in [0.717, 1.165) is 24.9 Å². The molecule has 0 spiro atoms. The van der Waals surface area contributed by atoms with E-state index >= 15 is 0 Å². The Morgan fingerprint density at radius 1 is 1.23 bits per heavy atom. The monoisotopic (exact) mass is 440 g/mol. The van der Waals surface area contributed by atoms with Crippen LogP contribution in [0, 0.1) is 6.92 Å². The molecule has 2 amide bonds. The molecule has 8 nitrogen and oxygen atoms in total. The zero-order valence-electron chi connectivity index (χ0n) is 18.3. The van der Waals surface area contributed by atoms with Crippen LogP contribution in [0.2, 0.25) is 0 Å². The second kappa shape index (κ2) is 8.39. The zero-order chi connectivity index (χ0) is 22.2. The molecular formula is C22H28N6O2S. The number of benzene rings is 1. The van der Waals surface area contributed by atoms with Crippen LogP contribution >= 0.6 is 11.3 Å². The van der Waals surface area contributed by atoms with Gasteiger partial charge in [0.25, 0.3) is 11.8 Å². The smallest absolute Gasteiger partial charge is 0.273 e.